The summed E-state index contributed by atoms with van der Waals surface area (Å²) in [6.45, 7) is 1.89. The first-order valence-electron chi connectivity index (χ1n) is 6.46. The first kappa shape index (κ1) is 15.8. The minimum absolute atomic E-state index is 0.0623. The lowest BCUT2D eigenvalue weighted by molar-refractivity contribution is 0.0916. The van der Waals surface area contributed by atoms with Crippen LogP contribution in [-0.2, 0) is 0 Å². The van der Waals surface area contributed by atoms with Crippen LogP contribution < -0.4 is 5.32 Å². The van der Waals surface area contributed by atoms with Crippen LogP contribution in [0.3, 0.4) is 0 Å². The van der Waals surface area contributed by atoms with Gasteiger partial charge < -0.3 is 10.4 Å². The second kappa shape index (κ2) is 6.94. The van der Waals surface area contributed by atoms with Crippen molar-refractivity contribution in [2.24, 2.45) is 0 Å². The van der Waals surface area contributed by atoms with Crippen LogP contribution in [0.15, 0.2) is 42.5 Å². The van der Waals surface area contributed by atoms with Gasteiger partial charge in [-0.05, 0) is 24.6 Å². The molecular weight excluding hydrogens is 309 g/mol. The van der Waals surface area contributed by atoms with Gasteiger partial charge in [-0.15, -0.1) is 0 Å². The number of aliphatic hydroxyl groups is 1. The van der Waals surface area contributed by atoms with E-state index in [1.807, 2.05) is 13.0 Å². The Bertz CT molecular complexity index is 658. The van der Waals surface area contributed by atoms with Gasteiger partial charge in [-0.3, -0.25) is 4.79 Å². The summed E-state index contributed by atoms with van der Waals surface area (Å²) in [7, 11) is 0. The molecule has 0 radical (unpaired) electrons. The predicted octanol–water partition coefficient (Wildman–Crippen LogP) is 3.77. The van der Waals surface area contributed by atoms with Crippen LogP contribution >= 0.6 is 23.2 Å². The minimum Gasteiger partial charge on any atom is -0.387 e. The molecule has 0 aromatic heterocycles. The second-order valence-electron chi connectivity index (χ2n) is 4.68. The van der Waals surface area contributed by atoms with Crippen molar-refractivity contribution in [2.45, 2.75) is 13.0 Å². The van der Waals surface area contributed by atoms with E-state index < -0.39 is 6.10 Å². The van der Waals surface area contributed by atoms with E-state index in [1.54, 1.807) is 36.4 Å². The van der Waals surface area contributed by atoms with Gasteiger partial charge in [0.25, 0.3) is 5.91 Å². The number of halogens is 2. The highest BCUT2D eigenvalue weighted by Gasteiger charge is 2.15. The number of hydrogen-bond donors (Lipinski definition) is 2. The van der Waals surface area contributed by atoms with Gasteiger partial charge in [0.1, 0.15) is 0 Å². The van der Waals surface area contributed by atoms with Crippen LogP contribution in [0.5, 0.6) is 0 Å². The topological polar surface area (TPSA) is 49.3 Å². The van der Waals surface area contributed by atoms with Gasteiger partial charge in [-0.2, -0.15) is 0 Å². The van der Waals surface area contributed by atoms with Crippen molar-refractivity contribution in [2.75, 3.05) is 6.54 Å². The highest BCUT2D eigenvalue weighted by molar-refractivity contribution is 6.34. The number of carbonyl (C=O) groups is 1. The molecule has 110 valence electrons. The van der Waals surface area contributed by atoms with Crippen molar-refractivity contribution in [3.8, 4) is 0 Å². The van der Waals surface area contributed by atoms with Crippen LogP contribution in [0.25, 0.3) is 0 Å². The smallest absolute Gasteiger partial charge is 0.252 e. The first-order valence-corrected chi connectivity index (χ1v) is 7.22. The van der Waals surface area contributed by atoms with Gasteiger partial charge in [0.15, 0.2) is 0 Å². The monoisotopic (exact) mass is 323 g/mol. The van der Waals surface area contributed by atoms with E-state index in [9.17, 15) is 9.90 Å². The standard InChI is InChI=1S/C16H15Cl2NO2/c1-10-5-4-7-12(15(10)18)16(21)19-9-14(20)11-6-2-3-8-13(11)17/h2-8,14,20H,9H2,1H3,(H,19,21). The fourth-order valence-electron chi connectivity index (χ4n) is 1.96. The van der Waals surface area contributed by atoms with Crippen LogP contribution in [0, 0.1) is 6.92 Å². The summed E-state index contributed by atoms with van der Waals surface area (Å²) >= 11 is 12.1. The molecule has 2 rings (SSSR count). The zero-order valence-corrected chi connectivity index (χ0v) is 12.9. The van der Waals surface area contributed by atoms with Gasteiger partial charge in [0.05, 0.1) is 16.7 Å². The molecule has 21 heavy (non-hydrogen) atoms. The molecule has 2 N–H and O–H groups in total. The maximum atomic E-state index is 12.1. The number of amides is 1. The molecule has 0 aliphatic rings. The zero-order valence-electron chi connectivity index (χ0n) is 11.4. The van der Waals surface area contributed by atoms with Gasteiger partial charge >= 0.3 is 0 Å². The quantitative estimate of drug-likeness (QED) is 0.899. The molecule has 0 aliphatic heterocycles. The highest BCUT2D eigenvalue weighted by Crippen LogP contribution is 2.23. The molecule has 5 heteroatoms. The van der Waals surface area contributed by atoms with E-state index in [1.165, 1.54) is 0 Å². The molecule has 1 amide bonds. The zero-order chi connectivity index (χ0) is 15.4. The third-order valence-corrected chi connectivity index (χ3v) is 4.00. The highest BCUT2D eigenvalue weighted by atomic mass is 35.5. The molecule has 0 saturated carbocycles. The van der Waals surface area contributed by atoms with Gasteiger partial charge in [-0.25, -0.2) is 0 Å². The van der Waals surface area contributed by atoms with E-state index in [-0.39, 0.29) is 12.5 Å². The van der Waals surface area contributed by atoms with Crippen LogP contribution in [0.1, 0.15) is 27.6 Å². The van der Waals surface area contributed by atoms with Crippen molar-refractivity contribution >= 4 is 29.1 Å². The molecule has 0 aliphatic carbocycles. The first-order chi connectivity index (χ1) is 10.0. The van der Waals surface area contributed by atoms with Crippen LogP contribution in [0.4, 0.5) is 0 Å². The fraction of sp³-hybridized carbons (Fsp3) is 0.188. The molecule has 0 saturated heterocycles. The number of hydrogen-bond acceptors (Lipinski definition) is 2. The number of nitrogens with one attached hydrogen (secondary N) is 1. The molecular formula is C16H15Cl2NO2. The van der Waals surface area contributed by atoms with Gasteiger partial charge in [0, 0.05) is 17.1 Å². The van der Waals surface area contributed by atoms with Crippen molar-refractivity contribution in [1.82, 2.24) is 5.32 Å². The summed E-state index contributed by atoms with van der Waals surface area (Å²) in [4.78, 5) is 12.1. The number of carbonyl (C=O) groups excluding carboxylic acids is 1. The third-order valence-electron chi connectivity index (χ3n) is 3.16. The number of aliphatic hydroxyl groups excluding tert-OH is 1. The summed E-state index contributed by atoms with van der Waals surface area (Å²) in [6, 6.07) is 12.2. The molecule has 2 aromatic rings. The fourth-order valence-corrected chi connectivity index (χ4v) is 2.44. The third kappa shape index (κ3) is 3.76. The largest absolute Gasteiger partial charge is 0.387 e. The Morgan fingerprint density at radius 1 is 1.19 bits per heavy atom. The number of rotatable bonds is 4. The van der Waals surface area contributed by atoms with E-state index >= 15 is 0 Å². The molecule has 2 aromatic carbocycles. The number of aryl methyl sites for hydroxylation is 1. The summed E-state index contributed by atoms with van der Waals surface area (Å²) < 4.78 is 0. The van der Waals surface area contributed by atoms with E-state index in [0.29, 0.717) is 21.2 Å². The average molecular weight is 324 g/mol. The molecule has 0 heterocycles. The Hall–Kier alpha value is -1.55. The van der Waals surface area contributed by atoms with Crippen molar-refractivity contribution in [1.29, 1.82) is 0 Å². The predicted molar refractivity (Wildman–Crippen MR) is 84.9 cm³/mol. The summed E-state index contributed by atoms with van der Waals surface area (Å²) in [5.41, 5.74) is 1.80. The van der Waals surface area contributed by atoms with Crippen LogP contribution in [0.2, 0.25) is 10.0 Å². The van der Waals surface area contributed by atoms with Gasteiger partial charge in [0.2, 0.25) is 0 Å². The maximum absolute atomic E-state index is 12.1. The van der Waals surface area contributed by atoms with Crippen molar-refractivity contribution in [3.05, 3.63) is 69.2 Å². The lowest BCUT2D eigenvalue weighted by atomic mass is 10.1. The Kier molecular flexibility index (Phi) is 5.23. The molecule has 0 spiro atoms. The van der Waals surface area contributed by atoms with Crippen LogP contribution in [-0.4, -0.2) is 17.6 Å². The van der Waals surface area contributed by atoms with Crippen molar-refractivity contribution < 1.29 is 9.90 Å². The van der Waals surface area contributed by atoms with E-state index in [2.05, 4.69) is 5.32 Å². The average Bonchev–Trinajstić information content (AvgIpc) is 2.47. The summed E-state index contributed by atoms with van der Waals surface area (Å²) in [5.74, 6) is -0.324. The lowest BCUT2D eigenvalue weighted by Crippen LogP contribution is -2.28. The summed E-state index contributed by atoms with van der Waals surface area (Å²) in [6.07, 6.45) is -0.869. The van der Waals surface area contributed by atoms with E-state index in [4.69, 9.17) is 23.2 Å². The molecule has 0 fully saturated rings. The Balaban J connectivity index is 2.04. The molecule has 0 bridgehead atoms. The van der Waals surface area contributed by atoms with Gasteiger partial charge in [-0.1, -0.05) is 53.5 Å². The second-order valence-corrected chi connectivity index (χ2v) is 5.47. The summed E-state index contributed by atoms with van der Waals surface area (Å²) in [5, 5.41) is 13.6. The SMILES string of the molecule is Cc1cccc(C(=O)NCC(O)c2ccccc2Cl)c1Cl. The normalized spacial score (nSPS) is 12.0. The molecule has 1 atom stereocenters. The number of benzene rings is 2. The molecule has 1 unspecified atom stereocenters. The Morgan fingerprint density at radius 3 is 2.62 bits per heavy atom. The Morgan fingerprint density at radius 2 is 1.90 bits per heavy atom. The molecule has 3 nitrogen and oxygen atoms in total. The Labute approximate surface area is 133 Å². The van der Waals surface area contributed by atoms with E-state index in [0.717, 1.165) is 5.56 Å². The lowest BCUT2D eigenvalue weighted by Gasteiger charge is -2.14. The maximum Gasteiger partial charge on any atom is 0.252 e. The van der Waals surface area contributed by atoms with Crippen molar-refractivity contribution in [3.63, 3.8) is 0 Å². The minimum atomic E-state index is -0.869.